The predicted octanol–water partition coefficient (Wildman–Crippen LogP) is 4.36. The van der Waals surface area contributed by atoms with E-state index in [0.29, 0.717) is 15.7 Å². The highest BCUT2D eigenvalue weighted by Gasteiger charge is 2.15. The lowest BCUT2D eigenvalue weighted by atomic mass is 10.2. The lowest BCUT2D eigenvalue weighted by Gasteiger charge is -2.05. The summed E-state index contributed by atoms with van der Waals surface area (Å²) < 4.78 is 5.89. The minimum atomic E-state index is -0.504. The molecule has 7 heteroatoms. The summed E-state index contributed by atoms with van der Waals surface area (Å²) in [5.41, 5.74) is 0.986. The summed E-state index contributed by atoms with van der Waals surface area (Å²) in [5.74, 6) is -0.253. The summed E-state index contributed by atoms with van der Waals surface area (Å²) in [6.07, 6.45) is 0. The van der Waals surface area contributed by atoms with Crippen LogP contribution in [-0.2, 0) is 0 Å². The van der Waals surface area contributed by atoms with Gasteiger partial charge in [-0.3, -0.25) is 14.9 Å². The molecule has 0 aliphatic heterocycles. The van der Waals surface area contributed by atoms with E-state index < -0.39 is 10.8 Å². The van der Waals surface area contributed by atoms with Crippen LogP contribution in [-0.4, -0.2) is 10.8 Å². The van der Waals surface area contributed by atoms with E-state index in [0.717, 1.165) is 5.39 Å². The Morgan fingerprint density at radius 3 is 2.64 bits per heavy atom. The third kappa shape index (κ3) is 2.71. The second-order valence-corrected chi connectivity index (χ2v) is 5.38. The van der Waals surface area contributed by atoms with Crippen molar-refractivity contribution in [2.45, 2.75) is 0 Å². The van der Waals surface area contributed by atoms with Crippen molar-refractivity contribution in [3.63, 3.8) is 0 Å². The third-order valence-electron chi connectivity index (χ3n) is 3.06. The number of benzene rings is 2. The van der Waals surface area contributed by atoms with Crippen LogP contribution in [0.5, 0.6) is 0 Å². The van der Waals surface area contributed by atoms with Gasteiger partial charge in [-0.25, -0.2) is 0 Å². The molecule has 0 aliphatic rings. The maximum Gasteiger partial charge on any atom is 0.291 e. The highest BCUT2D eigenvalue weighted by Crippen LogP contribution is 2.28. The number of hydrogen-bond acceptors (Lipinski definition) is 4. The van der Waals surface area contributed by atoms with E-state index in [1.54, 1.807) is 12.1 Å². The molecule has 0 spiro atoms. The number of non-ortho nitro benzene ring substituents is 1. The molecule has 1 heterocycles. The highest BCUT2D eigenvalue weighted by molar-refractivity contribution is 9.10. The predicted molar refractivity (Wildman–Crippen MR) is 85.0 cm³/mol. The number of fused-ring (bicyclic) bond motifs is 1. The van der Waals surface area contributed by atoms with Crippen LogP contribution in [0.2, 0.25) is 0 Å². The molecule has 2 aromatic carbocycles. The van der Waals surface area contributed by atoms with Crippen LogP contribution in [0.4, 0.5) is 11.4 Å². The third-order valence-corrected chi connectivity index (χ3v) is 3.72. The molecule has 1 aromatic heterocycles. The van der Waals surface area contributed by atoms with E-state index in [1.807, 2.05) is 18.2 Å². The first kappa shape index (κ1) is 14.3. The molecule has 0 saturated carbocycles. The topological polar surface area (TPSA) is 85.4 Å². The summed E-state index contributed by atoms with van der Waals surface area (Å²) >= 11 is 3.20. The smallest absolute Gasteiger partial charge is 0.291 e. The number of carbonyl (C=O) groups is 1. The Balaban J connectivity index is 1.86. The van der Waals surface area contributed by atoms with Crippen LogP contribution in [0.25, 0.3) is 11.0 Å². The van der Waals surface area contributed by atoms with Crippen molar-refractivity contribution in [3.8, 4) is 0 Å². The van der Waals surface area contributed by atoms with Crippen molar-refractivity contribution in [2.24, 2.45) is 0 Å². The quantitative estimate of drug-likeness (QED) is 0.555. The van der Waals surface area contributed by atoms with Gasteiger partial charge in [0.25, 0.3) is 11.6 Å². The lowest BCUT2D eigenvalue weighted by molar-refractivity contribution is -0.384. The van der Waals surface area contributed by atoms with Gasteiger partial charge in [0.15, 0.2) is 5.76 Å². The minimum absolute atomic E-state index is 0.0615. The van der Waals surface area contributed by atoms with Gasteiger partial charge in [-0.2, -0.15) is 0 Å². The fourth-order valence-corrected chi connectivity index (χ4v) is 2.46. The van der Waals surface area contributed by atoms with Crippen LogP contribution in [0, 0.1) is 10.1 Å². The standard InChI is InChI=1S/C15H9BrN2O4/c16-11-8-10(18(20)21)5-6-12(11)17-15(19)14-7-9-3-1-2-4-13(9)22-14/h1-8H,(H,17,19). The SMILES string of the molecule is O=C(Nc1ccc([N+](=O)[O-])cc1Br)c1cc2ccccc2o1. The molecule has 3 rings (SSSR count). The van der Waals surface area contributed by atoms with E-state index in [4.69, 9.17) is 4.42 Å². The van der Waals surface area contributed by atoms with Gasteiger partial charge in [0.05, 0.1) is 10.6 Å². The molecule has 0 bridgehead atoms. The molecule has 110 valence electrons. The van der Waals surface area contributed by atoms with Gasteiger partial charge in [0.2, 0.25) is 0 Å². The number of nitro benzene ring substituents is 1. The van der Waals surface area contributed by atoms with Gasteiger partial charge in [-0.15, -0.1) is 0 Å². The van der Waals surface area contributed by atoms with E-state index in [9.17, 15) is 14.9 Å². The number of rotatable bonds is 3. The second kappa shape index (κ2) is 5.61. The Morgan fingerprint density at radius 1 is 1.18 bits per heavy atom. The van der Waals surface area contributed by atoms with Crippen LogP contribution < -0.4 is 5.32 Å². The van der Waals surface area contributed by atoms with Crippen LogP contribution in [0.1, 0.15) is 10.6 Å². The molecule has 0 unspecified atom stereocenters. The van der Waals surface area contributed by atoms with Gasteiger partial charge in [-0.05, 0) is 34.1 Å². The Labute approximate surface area is 133 Å². The maximum absolute atomic E-state index is 12.2. The van der Waals surface area contributed by atoms with Gasteiger partial charge >= 0.3 is 0 Å². The van der Waals surface area contributed by atoms with E-state index in [2.05, 4.69) is 21.2 Å². The molecule has 0 fully saturated rings. The zero-order chi connectivity index (χ0) is 15.7. The molecule has 6 nitrogen and oxygen atoms in total. The van der Waals surface area contributed by atoms with Crippen molar-refractivity contribution in [2.75, 3.05) is 5.32 Å². The van der Waals surface area contributed by atoms with Crippen molar-refractivity contribution >= 4 is 44.2 Å². The number of para-hydroxylation sites is 1. The van der Waals surface area contributed by atoms with Crippen molar-refractivity contribution in [1.29, 1.82) is 0 Å². The molecular weight excluding hydrogens is 352 g/mol. The van der Waals surface area contributed by atoms with Crippen LogP contribution >= 0.6 is 15.9 Å². The van der Waals surface area contributed by atoms with Crippen molar-refractivity contribution in [3.05, 3.63) is 68.9 Å². The number of nitro groups is 1. The summed E-state index contributed by atoms with van der Waals surface area (Å²) in [5, 5.41) is 14.2. The monoisotopic (exact) mass is 360 g/mol. The summed E-state index contributed by atoms with van der Waals surface area (Å²) in [6, 6.07) is 13.0. The van der Waals surface area contributed by atoms with Crippen molar-refractivity contribution in [1.82, 2.24) is 0 Å². The maximum atomic E-state index is 12.2. The molecule has 0 aliphatic carbocycles. The van der Waals surface area contributed by atoms with Crippen LogP contribution in [0.3, 0.4) is 0 Å². The summed E-state index contributed by atoms with van der Waals surface area (Å²) in [7, 11) is 0. The fourth-order valence-electron chi connectivity index (χ4n) is 2.00. The number of amides is 1. The van der Waals surface area contributed by atoms with Gasteiger partial charge in [0, 0.05) is 22.0 Å². The number of nitrogens with one attached hydrogen (secondary N) is 1. The van der Waals surface area contributed by atoms with E-state index >= 15 is 0 Å². The summed E-state index contributed by atoms with van der Waals surface area (Å²) in [6.45, 7) is 0. The molecule has 22 heavy (non-hydrogen) atoms. The molecular formula is C15H9BrN2O4. The zero-order valence-corrected chi connectivity index (χ0v) is 12.7. The van der Waals surface area contributed by atoms with Crippen molar-refractivity contribution < 1.29 is 14.1 Å². The second-order valence-electron chi connectivity index (χ2n) is 4.52. The Morgan fingerprint density at radius 2 is 1.95 bits per heavy atom. The Bertz CT molecular complexity index is 855. The number of furan rings is 1. The van der Waals surface area contributed by atoms with E-state index in [1.165, 1.54) is 18.2 Å². The number of halogens is 1. The summed E-state index contributed by atoms with van der Waals surface area (Å²) in [4.78, 5) is 22.4. The Hall–Kier alpha value is -2.67. The first-order valence-corrected chi connectivity index (χ1v) is 7.08. The van der Waals surface area contributed by atoms with E-state index in [-0.39, 0.29) is 11.4 Å². The van der Waals surface area contributed by atoms with Gasteiger partial charge < -0.3 is 9.73 Å². The van der Waals surface area contributed by atoms with Gasteiger partial charge in [0.1, 0.15) is 5.58 Å². The zero-order valence-electron chi connectivity index (χ0n) is 11.1. The normalized spacial score (nSPS) is 10.6. The number of nitrogens with zero attached hydrogens (tertiary/aromatic N) is 1. The average molecular weight is 361 g/mol. The molecule has 3 aromatic rings. The Kier molecular flexibility index (Phi) is 3.64. The minimum Gasteiger partial charge on any atom is -0.451 e. The average Bonchev–Trinajstić information content (AvgIpc) is 2.93. The molecule has 0 radical (unpaired) electrons. The fraction of sp³-hybridized carbons (Fsp3) is 0. The largest absolute Gasteiger partial charge is 0.451 e. The lowest BCUT2D eigenvalue weighted by Crippen LogP contribution is -2.11. The molecule has 1 amide bonds. The number of anilines is 1. The number of hydrogen-bond donors (Lipinski definition) is 1. The van der Waals surface area contributed by atoms with Gasteiger partial charge in [-0.1, -0.05) is 18.2 Å². The molecule has 1 N–H and O–H groups in total. The van der Waals surface area contributed by atoms with Crippen LogP contribution in [0.15, 0.2) is 57.4 Å². The first-order valence-electron chi connectivity index (χ1n) is 6.28. The molecule has 0 saturated heterocycles. The highest BCUT2D eigenvalue weighted by atomic mass is 79.9. The number of carbonyl (C=O) groups excluding carboxylic acids is 1. The first-order chi connectivity index (χ1) is 10.5. The molecule has 0 atom stereocenters.